The molecule has 0 radical (unpaired) electrons. The van der Waals surface area contributed by atoms with Crippen molar-refractivity contribution < 1.29 is 26.3 Å². The molecule has 1 aromatic carbocycles. The van der Waals surface area contributed by atoms with Gasteiger partial charge < -0.3 is 5.32 Å². The number of rotatable bonds is 3. The lowest BCUT2D eigenvalue weighted by Crippen LogP contribution is -2.33. The van der Waals surface area contributed by atoms with Crippen molar-refractivity contribution in [2.24, 2.45) is 0 Å². The number of hydrogen-bond acceptors (Lipinski definition) is 1. The van der Waals surface area contributed by atoms with Crippen molar-refractivity contribution in [2.45, 2.75) is 18.6 Å². The topological polar surface area (TPSA) is 12.0 Å². The summed E-state index contributed by atoms with van der Waals surface area (Å²) in [6.07, 6.45) is -5.73. The zero-order valence-corrected chi connectivity index (χ0v) is 8.71. The van der Waals surface area contributed by atoms with Crippen LogP contribution in [0.15, 0.2) is 18.2 Å². The zero-order chi connectivity index (χ0) is 13.3. The van der Waals surface area contributed by atoms with E-state index >= 15 is 0 Å². The van der Waals surface area contributed by atoms with E-state index in [0.29, 0.717) is 6.07 Å². The third-order valence-corrected chi connectivity index (χ3v) is 2.14. The van der Waals surface area contributed by atoms with Gasteiger partial charge >= 0.3 is 12.1 Å². The van der Waals surface area contributed by atoms with Gasteiger partial charge in [-0.15, -0.1) is 0 Å². The average molecular weight is 257 g/mol. The summed E-state index contributed by atoms with van der Waals surface area (Å²) in [5, 5.41) is 2.56. The molecule has 0 unspecified atom stereocenters. The molecule has 0 heterocycles. The minimum absolute atomic E-state index is 0.0224. The van der Waals surface area contributed by atoms with E-state index in [9.17, 15) is 26.3 Å². The monoisotopic (exact) mass is 257 g/mol. The third-order valence-electron chi connectivity index (χ3n) is 2.14. The largest absolute Gasteiger partial charge is 0.458 e. The molecule has 0 aromatic heterocycles. The Balaban J connectivity index is 3.13. The average Bonchev–Trinajstić information content (AvgIpc) is 2.19. The van der Waals surface area contributed by atoms with Crippen LogP contribution in [0.2, 0.25) is 0 Å². The van der Waals surface area contributed by atoms with Gasteiger partial charge in [-0.1, -0.05) is 12.1 Å². The Bertz CT molecular complexity index is 398. The van der Waals surface area contributed by atoms with E-state index in [4.69, 9.17) is 0 Å². The van der Waals surface area contributed by atoms with Crippen molar-refractivity contribution in [2.75, 3.05) is 7.05 Å². The standard InChI is InChI=1S/C10H9F6N/c1-17-5-6-2-3-7(4-8(6)11)9(12,13)10(14,15)16/h2-4,17H,5H2,1H3. The second kappa shape index (κ2) is 4.56. The molecule has 0 aliphatic heterocycles. The van der Waals surface area contributed by atoms with E-state index < -0.39 is 23.5 Å². The van der Waals surface area contributed by atoms with E-state index in [0.717, 1.165) is 6.07 Å². The summed E-state index contributed by atoms with van der Waals surface area (Å²) < 4.78 is 75.0. The lowest BCUT2D eigenvalue weighted by atomic mass is 10.1. The third kappa shape index (κ3) is 2.71. The molecule has 0 atom stereocenters. The first-order chi connectivity index (χ1) is 7.70. The summed E-state index contributed by atoms with van der Waals surface area (Å²) in [7, 11) is 1.50. The maximum absolute atomic E-state index is 13.2. The molecule has 0 saturated heterocycles. The summed E-state index contributed by atoms with van der Waals surface area (Å²) in [4.78, 5) is 0. The summed E-state index contributed by atoms with van der Waals surface area (Å²) >= 11 is 0. The highest BCUT2D eigenvalue weighted by atomic mass is 19.4. The van der Waals surface area contributed by atoms with Crippen molar-refractivity contribution in [3.05, 3.63) is 35.1 Å². The molecule has 1 aromatic rings. The maximum Gasteiger partial charge on any atom is 0.458 e. The normalized spacial score (nSPS) is 12.9. The molecular formula is C10H9F6N. The Morgan fingerprint density at radius 1 is 1.12 bits per heavy atom. The van der Waals surface area contributed by atoms with Crippen LogP contribution in [0.5, 0.6) is 0 Å². The molecule has 0 saturated carbocycles. The van der Waals surface area contributed by atoms with Crippen LogP contribution in [0.4, 0.5) is 26.3 Å². The number of hydrogen-bond donors (Lipinski definition) is 1. The molecule has 0 aliphatic carbocycles. The predicted octanol–water partition coefficient (Wildman–Crippen LogP) is 3.20. The van der Waals surface area contributed by atoms with Crippen molar-refractivity contribution in [3.8, 4) is 0 Å². The van der Waals surface area contributed by atoms with Crippen LogP contribution in [0.1, 0.15) is 11.1 Å². The molecule has 0 amide bonds. The van der Waals surface area contributed by atoms with Gasteiger partial charge in [-0.2, -0.15) is 22.0 Å². The van der Waals surface area contributed by atoms with Crippen LogP contribution in [0.25, 0.3) is 0 Å². The van der Waals surface area contributed by atoms with Crippen molar-refractivity contribution in [1.82, 2.24) is 5.32 Å². The van der Waals surface area contributed by atoms with Gasteiger partial charge in [-0.25, -0.2) is 4.39 Å². The fraction of sp³-hybridized carbons (Fsp3) is 0.400. The molecule has 1 nitrogen and oxygen atoms in total. The van der Waals surface area contributed by atoms with Crippen LogP contribution in [-0.2, 0) is 12.5 Å². The van der Waals surface area contributed by atoms with Crippen LogP contribution < -0.4 is 5.32 Å². The zero-order valence-electron chi connectivity index (χ0n) is 8.71. The predicted molar refractivity (Wildman–Crippen MR) is 49.1 cm³/mol. The molecule has 0 aliphatic rings. The van der Waals surface area contributed by atoms with Crippen molar-refractivity contribution in [3.63, 3.8) is 0 Å². The summed E-state index contributed by atoms with van der Waals surface area (Å²) in [5.74, 6) is -6.15. The van der Waals surface area contributed by atoms with Gasteiger partial charge in [-0.3, -0.25) is 0 Å². The van der Waals surface area contributed by atoms with Gasteiger partial charge in [0, 0.05) is 17.7 Å². The van der Waals surface area contributed by atoms with Gasteiger partial charge in [0.05, 0.1) is 0 Å². The Morgan fingerprint density at radius 2 is 1.71 bits per heavy atom. The molecule has 1 N–H and O–H groups in total. The Kier molecular flexibility index (Phi) is 3.71. The second-order valence-corrected chi connectivity index (χ2v) is 3.41. The van der Waals surface area contributed by atoms with Gasteiger partial charge in [-0.05, 0) is 13.1 Å². The van der Waals surface area contributed by atoms with E-state index in [1.54, 1.807) is 0 Å². The Labute approximate surface area is 93.4 Å². The van der Waals surface area contributed by atoms with Crippen LogP contribution in [0.3, 0.4) is 0 Å². The van der Waals surface area contributed by atoms with E-state index in [2.05, 4.69) is 5.32 Å². The van der Waals surface area contributed by atoms with Crippen LogP contribution in [0, 0.1) is 5.82 Å². The molecule has 0 bridgehead atoms. The molecule has 17 heavy (non-hydrogen) atoms. The highest BCUT2D eigenvalue weighted by molar-refractivity contribution is 5.28. The van der Waals surface area contributed by atoms with E-state index in [1.807, 2.05) is 0 Å². The quantitative estimate of drug-likeness (QED) is 0.820. The summed E-state index contributed by atoms with van der Waals surface area (Å²) in [6.45, 7) is 0.0453. The molecule has 7 heteroatoms. The van der Waals surface area contributed by atoms with Gasteiger partial charge in [0.15, 0.2) is 0 Å². The number of halogens is 6. The molecule has 96 valence electrons. The first-order valence-corrected chi connectivity index (χ1v) is 4.58. The van der Waals surface area contributed by atoms with Gasteiger partial charge in [0.2, 0.25) is 0 Å². The molecule has 0 fully saturated rings. The maximum atomic E-state index is 13.2. The number of alkyl halides is 5. The summed E-state index contributed by atoms with van der Waals surface area (Å²) in [6, 6.07) is 1.68. The molecule has 1 rings (SSSR count). The number of nitrogens with one attached hydrogen (secondary N) is 1. The minimum Gasteiger partial charge on any atom is -0.316 e. The van der Waals surface area contributed by atoms with Gasteiger partial charge in [0.25, 0.3) is 0 Å². The Morgan fingerprint density at radius 3 is 2.12 bits per heavy atom. The highest BCUT2D eigenvalue weighted by Gasteiger charge is 2.58. The Hall–Kier alpha value is -1.24. The lowest BCUT2D eigenvalue weighted by Gasteiger charge is -2.20. The van der Waals surface area contributed by atoms with Crippen LogP contribution >= 0.6 is 0 Å². The molecular weight excluding hydrogens is 248 g/mol. The van der Waals surface area contributed by atoms with Crippen molar-refractivity contribution in [1.29, 1.82) is 0 Å². The minimum atomic E-state index is -5.73. The molecule has 0 spiro atoms. The fourth-order valence-electron chi connectivity index (χ4n) is 1.24. The first-order valence-electron chi connectivity index (χ1n) is 4.58. The number of benzene rings is 1. The lowest BCUT2D eigenvalue weighted by molar-refractivity contribution is -0.289. The van der Waals surface area contributed by atoms with E-state index in [1.165, 1.54) is 7.05 Å². The second-order valence-electron chi connectivity index (χ2n) is 3.41. The van der Waals surface area contributed by atoms with Gasteiger partial charge in [0.1, 0.15) is 5.82 Å². The summed E-state index contributed by atoms with van der Waals surface area (Å²) in [5.41, 5.74) is -1.38. The van der Waals surface area contributed by atoms with Crippen LogP contribution in [-0.4, -0.2) is 13.2 Å². The highest BCUT2D eigenvalue weighted by Crippen LogP contribution is 2.43. The smallest absolute Gasteiger partial charge is 0.316 e. The van der Waals surface area contributed by atoms with E-state index in [-0.39, 0.29) is 18.2 Å². The SMILES string of the molecule is CNCc1ccc(C(F)(F)C(F)(F)F)cc1F. The van der Waals surface area contributed by atoms with Crippen molar-refractivity contribution >= 4 is 0 Å². The fourth-order valence-corrected chi connectivity index (χ4v) is 1.24. The first kappa shape index (κ1) is 13.8.